The zero-order chi connectivity index (χ0) is 15.4. The van der Waals surface area contributed by atoms with Crippen LogP contribution in [0.25, 0.3) is 0 Å². The molecule has 2 fully saturated rings. The van der Waals surface area contributed by atoms with Crippen LogP contribution in [-0.2, 0) is 9.53 Å². The van der Waals surface area contributed by atoms with Gasteiger partial charge in [-0.25, -0.2) is 4.79 Å². The molecule has 120 valence electrons. The topological polar surface area (TPSA) is 56.3 Å². The maximum absolute atomic E-state index is 12.4. The minimum atomic E-state index is -0.124. The lowest BCUT2D eigenvalue weighted by Gasteiger charge is -2.40. The summed E-state index contributed by atoms with van der Waals surface area (Å²) in [6, 6.07) is -0.0230. The highest BCUT2D eigenvalue weighted by Crippen LogP contribution is 2.11. The second-order valence-corrected chi connectivity index (χ2v) is 5.81. The Morgan fingerprint density at radius 1 is 0.952 bits per heavy atom. The molecule has 0 aromatic heterocycles. The highest BCUT2D eigenvalue weighted by Gasteiger charge is 2.30. The number of carbonyl (C=O) groups excluding carboxylic acids is 2. The molecular formula is C14H26N4O3. The normalized spacial score (nSPS) is 22.0. The average molecular weight is 298 g/mol. The lowest BCUT2D eigenvalue weighted by atomic mass is 10.2. The van der Waals surface area contributed by atoms with Crippen LogP contribution in [0.5, 0.6) is 0 Å². The number of rotatable bonds is 2. The van der Waals surface area contributed by atoms with Crippen LogP contribution >= 0.6 is 0 Å². The summed E-state index contributed by atoms with van der Waals surface area (Å²) in [6.07, 6.45) is 0. The molecular weight excluding hydrogens is 272 g/mol. The third-order valence-corrected chi connectivity index (χ3v) is 4.21. The van der Waals surface area contributed by atoms with Crippen molar-refractivity contribution < 1.29 is 14.3 Å². The molecule has 3 amide bonds. The van der Waals surface area contributed by atoms with Crippen molar-refractivity contribution in [2.45, 2.75) is 13.0 Å². The van der Waals surface area contributed by atoms with Crippen molar-refractivity contribution in [1.82, 2.24) is 19.6 Å². The molecule has 2 rings (SSSR count). The molecule has 7 heteroatoms. The van der Waals surface area contributed by atoms with Gasteiger partial charge in [0.05, 0.1) is 19.3 Å². The molecule has 2 saturated heterocycles. The number of hydrogen-bond donors (Lipinski definition) is 0. The number of nitrogens with zero attached hydrogens (tertiary/aromatic N) is 4. The summed E-state index contributed by atoms with van der Waals surface area (Å²) in [5.74, 6) is 0.114. The number of likely N-dealkylation sites (N-methyl/N-ethyl adjacent to an activating group) is 1. The van der Waals surface area contributed by atoms with E-state index in [1.807, 2.05) is 16.7 Å². The second kappa shape index (κ2) is 7.09. The molecule has 0 radical (unpaired) electrons. The van der Waals surface area contributed by atoms with Gasteiger partial charge in [-0.15, -0.1) is 0 Å². The van der Waals surface area contributed by atoms with Crippen molar-refractivity contribution >= 4 is 11.9 Å². The first-order chi connectivity index (χ1) is 10.0. The zero-order valence-corrected chi connectivity index (χ0v) is 13.2. The van der Waals surface area contributed by atoms with Gasteiger partial charge in [-0.3, -0.25) is 9.69 Å². The first-order valence-corrected chi connectivity index (χ1v) is 7.57. The predicted molar refractivity (Wildman–Crippen MR) is 79.1 cm³/mol. The SMILES string of the molecule is CC(C(=O)N(C)C)N1CCN(C(=O)N2CCOCC2)CC1. The summed E-state index contributed by atoms with van der Waals surface area (Å²) in [5.41, 5.74) is 0. The van der Waals surface area contributed by atoms with Gasteiger partial charge in [0.25, 0.3) is 0 Å². The van der Waals surface area contributed by atoms with E-state index in [-0.39, 0.29) is 18.0 Å². The second-order valence-electron chi connectivity index (χ2n) is 5.81. The van der Waals surface area contributed by atoms with E-state index in [0.29, 0.717) is 39.4 Å². The lowest BCUT2D eigenvalue weighted by Crippen LogP contribution is -2.57. The van der Waals surface area contributed by atoms with Crippen LogP contribution in [0.2, 0.25) is 0 Å². The zero-order valence-electron chi connectivity index (χ0n) is 13.2. The summed E-state index contributed by atoms with van der Waals surface area (Å²) in [5, 5.41) is 0. The van der Waals surface area contributed by atoms with Crippen molar-refractivity contribution in [3.8, 4) is 0 Å². The van der Waals surface area contributed by atoms with Crippen LogP contribution in [-0.4, -0.2) is 104 Å². The van der Waals surface area contributed by atoms with Crippen molar-refractivity contribution in [2.75, 3.05) is 66.6 Å². The average Bonchev–Trinajstić information content (AvgIpc) is 2.53. The van der Waals surface area contributed by atoms with Crippen LogP contribution < -0.4 is 0 Å². The molecule has 0 N–H and O–H groups in total. The number of hydrogen-bond acceptors (Lipinski definition) is 4. The molecule has 2 heterocycles. The van der Waals surface area contributed by atoms with Crippen molar-refractivity contribution in [3.63, 3.8) is 0 Å². The van der Waals surface area contributed by atoms with Crippen molar-refractivity contribution in [3.05, 3.63) is 0 Å². The van der Waals surface area contributed by atoms with Gasteiger partial charge in [-0.1, -0.05) is 0 Å². The number of carbonyl (C=O) groups is 2. The van der Waals surface area contributed by atoms with Crippen molar-refractivity contribution in [2.24, 2.45) is 0 Å². The molecule has 2 aliphatic heterocycles. The Morgan fingerprint density at radius 2 is 1.48 bits per heavy atom. The van der Waals surface area contributed by atoms with E-state index < -0.39 is 0 Å². The van der Waals surface area contributed by atoms with Gasteiger partial charge in [-0.05, 0) is 6.92 Å². The standard InChI is InChI=1S/C14H26N4O3/c1-12(13(19)15(2)3)16-4-6-17(7-5-16)14(20)18-8-10-21-11-9-18/h12H,4-11H2,1-3H3. The molecule has 0 aliphatic carbocycles. The predicted octanol–water partition coefficient (Wildman–Crippen LogP) is -0.467. The summed E-state index contributed by atoms with van der Waals surface area (Å²) >= 11 is 0. The molecule has 7 nitrogen and oxygen atoms in total. The molecule has 21 heavy (non-hydrogen) atoms. The molecule has 0 aromatic carbocycles. The highest BCUT2D eigenvalue weighted by atomic mass is 16.5. The molecule has 0 saturated carbocycles. The molecule has 1 atom stereocenters. The molecule has 0 aromatic rings. The smallest absolute Gasteiger partial charge is 0.320 e. The fourth-order valence-electron chi connectivity index (χ4n) is 2.78. The number of piperazine rings is 1. The van der Waals surface area contributed by atoms with Gasteiger partial charge in [-0.2, -0.15) is 0 Å². The monoisotopic (exact) mass is 298 g/mol. The van der Waals surface area contributed by atoms with Gasteiger partial charge in [0.1, 0.15) is 0 Å². The van der Waals surface area contributed by atoms with Crippen LogP contribution in [0.1, 0.15) is 6.92 Å². The quantitative estimate of drug-likeness (QED) is 0.692. The van der Waals surface area contributed by atoms with E-state index in [1.54, 1.807) is 19.0 Å². The molecule has 2 aliphatic rings. The van der Waals surface area contributed by atoms with E-state index in [0.717, 1.165) is 13.1 Å². The Morgan fingerprint density at radius 3 is 2.00 bits per heavy atom. The first kappa shape index (κ1) is 16.0. The van der Waals surface area contributed by atoms with E-state index in [9.17, 15) is 9.59 Å². The summed E-state index contributed by atoms with van der Waals surface area (Å²) in [6.45, 7) is 7.39. The van der Waals surface area contributed by atoms with Gasteiger partial charge in [0.15, 0.2) is 0 Å². The van der Waals surface area contributed by atoms with E-state index in [2.05, 4.69) is 4.90 Å². The summed E-state index contributed by atoms with van der Waals surface area (Å²) in [4.78, 5) is 31.9. The fraction of sp³-hybridized carbons (Fsp3) is 0.857. The highest BCUT2D eigenvalue weighted by molar-refractivity contribution is 5.81. The van der Waals surface area contributed by atoms with Crippen LogP contribution in [0.4, 0.5) is 4.79 Å². The third kappa shape index (κ3) is 3.85. The fourth-order valence-corrected chi connectivity index (χ4v) is 2.78. The number of ether oxygens (including phenoxy) is 1. The summed E-state index contributed by atoms with van der Waals surface area (Å²) < 4.78 is 5.27. The lowest BCUT2D eigenvalue weighted by molar-refractivity contribution is -0.134. The Balaban J connectivity index is 1.82. The largest absolute Gasteiger partial charge is 0.378 e. The Labute approximate surface area is 126 Å². The summed E-state index contributed by atoms with van der Waals surface area (Å²) in [7, 11) is 3.55. The Kier molecular flexibility index (Phi) is 5.41. The van der Waals surface area contributed by atoms with E-state index >= 15 is 0 Å². The maximum Gasteiger partial charge on any atom is 0.320 e. The Bertz CT molecular complexity index is 374. The number of urea groups is 1. The Hall–Kier alpha value is -1.34. The van der Waals surface area contributed by atoms with Crippen LogP contribution in [0.15, 0.2) is 0 Å². The van der Waals surface area contributed by atoms with Gasteiger partial charge >= 0.3 is 6.03 Å². The maximum atomic E-state index is 12.4. The molecule has 0 spiro atoms. The first-order valence-electron chi connectivity index (χ1n) is 7.57. The van der Waals surface area contributed by atoms with Crippen molar-refractivity contribution in [1.29, 1.82) is 0 Å². The molecule has 1 unspecified atom stereocenters. The number of morpholine rings is 1. The number of amides is 3. The van der Waals surface area contributed by atoms with Gasteiger partial charge < -0.3 is 19.4 Å². The van der Waals surface area contributed by atoms with Gasteiger partial charge in [0, 0.05) is 53.4 Å². The van der Waals surface area contributed by atoms with Crippen LogP contribution in [0.3, 0.4) is 0 Å². The minimum absolute atomic E-state index is 0.101. The third-order valence-electron chi connectivity index (χ3n) is 4.21. The van der Waals surface area contributed by atoms with Gasteiger partial charge in [0.2, 0.25) is 5.91 Å². The molecule has 0 bridgehead atoms. The van der Waals surface area contributed by atoms with E-state index in [4.69, 9.17) is 4.74 Å². The van der Waals surface area contributed by atoms with E-state index in [1.165, 1.54) is 0 Å². The van der Waals surface area contributed by atoms with Crippen LogP contribution in [0, 0.1) is 0 Å². The minimum Gasteiger partial charge on any atom is -0.378 e.